The molecule has 3 nitrogen and oxygen atoms in total. The monoisotopic (exact) mass is 339 g/mol. The Morgan fingerprint density at radius 1 is 1.25 bits per heavy atom. The molecule has 1 heterocycles. The van der Waals surface area contributed by atoms with Gasteiger partial charge in [0.1, 0.15) is 0 Å². The Labute approximate surface area is 129 Å². The lowest BCUT2D eigenvalue weighted by atomic mass is 9.88. The van der Waals surface area contributed by atoms with E-state index in [2.05, 4.69) is 28.2 Å². The predicted molar refractivity (Wildman–Crippen MR) is 83.8 cm³/mol. The van der Waals surface area contributed by atoms with E-state index < -0.39 is 0 Å². The van der Waals surface area contributed by atoms with Crippen molar-refractivity contribution in [2.45, 2.75) is 39.0 Å². The Morgan fingerprint density at radius 2 is 1.90 bits per heavy atom. The van der Waals surface area contributed by atoms with Crippen LogP contribution in [0.1, 0.15) is 32.4 Å². The normalized spacial score (nSPS) is 31.0. The fraction of sp³-hybridized carbons (Fsp3) is 0.562. The molecule has 4 heteroatoms. The molecule has 1 fully saturated rings. The molecule has 0 aliphatic carbocycles. The molecule has 1 aliphatic heterocycles. The number of hydrogen-bond acceptors (Lipinski definition) is 2. The minimum Gasteiger partial charge on any atom is -0.374 e. The maximum Gasteiger partial charge on any atom is 0.226 e. The molecule has 20 heavy (non-hydrogen) atoms. The second-order valence-electron chi connectivity index (χ2n) is 5.56. The Morgan fingerprint density at radius 3 is 2.40 bits per heavy atom. The Bertz CT molecular complexity index is 451. The molecule has 0 spiro atoms. The summed E-state index contributed by atoms with van der Waals surface area (Å²) in [6.07, 6.45) is 0.117. The number of rotatable bonds is 4. The summed E-state index contributed by atoms with van der Waals surface area (Å²) in [6, 6.07) is 10.0. The first-order valence-electron chi connectivity index (χ1n) is 7.11. The van der Waals surface area contributed by atoms with Crippen LogP contribution in [0.3, 0.4) is 0 Å². The summed E-state index contributed by atoms with van der Waals surface area (Å²) >= 11 is 3.49. The van der Waals surface area contributed by atoms with Crippen LogP contribution < -0.4 is 5.32 Å². The summed E-state index contributed by atoms with van der Waals surface area (Å²) in [6.45, 7) is 6.10. The van der Waals surface area contributed by atoms with E-state index in [-0.39, 0.29) is 36.0 Å². The summed E-state index contributed by atoms with van der Waals surface area (Å²) in [5, 5.41) is 3.84. The number of hydrogen-bond donors (Lipinski definition) is 1. The lowest BCUT2D eigenvalue weighted by Gasteiger charge is -2.23. The molecule has 1 aliphatic rings. The van der Waals surface area contributed by atoms with E-state index in [1.54, 1.807) is 0 Å². The number of ether oxygens (including phenoxy) is 1. The molecule has 1 N–H and O–H groups in total. The van der Waals surface area contributed by atoms with Gasteiger partial charge in [-0.3, -0.25) is 4.79 Å². The van der Waals surface area contributed by atoms with Crippen LogP contribution in [0.15, 0.2) is 30.3 Å². The highest BCUT2D eigenvalue weighted by Gasteiger charge is 2.41. The van der Waals surface area contributed by atoms with Crippen LogP contribution in [0.5, 0.6) is 0 Å². The van der Waals surface area contributed by atoms with Crippen LogP contribution in [0, 0.1) is 11.8 Å². The van der Waals surface area contributed by atoms with Crippen molar-refractivity contribution in [1.29, 1.82) is 0 Å². The highest BCUT2D eigenvalue weighted by molar-refractivity contribution is 9.09. The molecule has 1 saturated heterocycles. The number of nitrogens with one attached hydrogen (secondary N) is 1. The molecule has 0 radical (unpaired) electrons. The van der Waals surface area contributed by atoms with Crippen LogP contribution in [0.4, 0.5) is 0 Å². The zero-order valence-corrected chi connectivity index (χ0v) is 13.8. The largest absolute Gasteiger partial charge is 0.374 e. The maximum absolute atomic E-state index is 12.5. The molecule has 5 unspecified atom stereocenters. The highest BCUT2D eigenvalue weighted by Crippen LogP contribution is 2.32. The van der Waals surface area contributed by atoms with E-state index in [1.165, 1.54) is 0 Å². The van der Waals surface area contributed by atoms with Gasteiger partial charge in [0, 0.05) is 5.33 Å². The molecule has 0 saturated carbocycles. The van der Waals surface area contributed by atoms with E-state index in [4.69, 9.17) is 4.74 Å². The van der Waals surface area contributed by atoms with Crippen LogP contribution >= 0.6 is 15.9 Å². The van der Waals surface area contributed by atoms with Crippen LogP contribution in [-0.4, -0.2) is 23.4 Å². The fourth-order valence-corrected chi connectivity index (χ4v) is 3.42. The van der Waals surface area contributed by atoms with Gasteiger partial charge in [-0.15, -0.1) is 0 Å². The predicted octanol–water partition coefficient (Wildman–Crippen LogP) is 3.30. The van der Waals surface area contributed by atoms with Gasteiger partial charge in [-0.1, -0.05) is 53.2 Å². The third kappa shape index (κ3) is 3.23. The van der Waals surface area contributed by atoms with E-state index in [0.29, 0.717) is 5.33 Å². The van der Waals surface area contributed by atoms with Crippen molar-refractivity contribution in [3.63, 3.8) is 0 Å². The summed E-state index contributed by atoms with van der Waals surface area (Å²) in [7, 11) is 0. The van der Waals surface area contributed by atoms with E-state index in [0.717, 1.165) is 5.56 Å². The maximum atomic E-state index is 12.5. The second kappa shape index (κ2) is 6.72. The number of carbonyl (C=O) groups is 1. The number of carbonyl (C=O) groups excluding carboxylic acids is 1. The van der Waals surface area contributed by atoms with Gasteiger partial charge in [-0.05, 0) is 25.3 Å². The van der Waals surface area contributed by atoms with Gasteiger partial charge in [0.25, 0.3) is 0 Å². The van der Waals surface area contributed by atoms with E-state index in [1.807, 2.05) is 44.2 Å². The number of benzene rings is 1. The van der Waals surface area contributed by atoms with Crippen LogP contribution in [-0.2, 0) is 9.53 Å². The lowest BCUT2D eigenvalue weighted by molar-refractivity contribution is -0.127. The molecule has 110 valence electrons. The van der Waals surface area contributed by atoms with Gasteiger partial charge in [-0.2, -0.15) is 0 Å². The van der Waals surface area contributed by atoms with Gasteiger partial charge in [0.05, 0.1) is 24.2 Å². The molecular weight excluding hydrogens is 318 g/mol. The minimum absolute atomic E-state index is 0.000920. The number of amides is 1. The smallest absolute Gasteiger partial charge is 0.226 e. The van der Waals surface area contributed by atoms with Gasteiger partial charge in [-0.25, -0.2) is 0 Å². The van der Waals surface area contributed by atoms with Gasteiger partial charge < -0.3 is 10.1 Å². The van der Waals surface area contributed by atoms with Crippen molar-refractivity contribution in [1.82, 2.24) is 5.32 Å². The third-order valence-corrected chi connectivity index (χ3v) is 4.86. The van der Waals surface area contributed by atoms with Crippen molar-refractivity contribution in [3.8, 4) is 0 Å². The molecule has 1 aromatic carbocycles. The Balaban J connectivity index is 2.07. The molecule has 1 aromatic rings. The summed E-state index contributed by atoms with van der Waals surface area (Å²) in [5.41, 5.74) is 1.12. The van der Waals surface area contributed by atoms with E-state index in [9.17, 15) is 4.79 Å². The molecular formula is C16H22BrNO2. The number of halogens is 1. The fourth-order valence-electron chi connectivity index (χ4n) is 2.88. The Hall–Kier alpha value is -0.870. The quantitative estimate of drug-likeness (QED) is 0.854. The standard InChI is InChI=1S/C16H22BrNO2/c1-10-11(2)20-12(3)15(10)16(19)18-14(9-17)13-7-5-4-6-8-13/h4-8,10-12,14-15H,9H2,1-3H3,(H,18,19). The summed E-state index contributed by atoms with van der Waals surface area (Å²) in [5.74, 6) is 0.259. The molecule has 0 bridgehead atoms. The summed E-state index contributed by atoms with van der Waals surface area (Å²) in [4.78, 5) is 12.5. The van der Waals surface area contributed by atoms with Gasteiger partial charge in [0.15, 0.2) is 0 Å². The first-order valence-corrected chi connectivity index (χ1v) is 8.23. The van der Waals surface area contributed by atoms with Crippen LogP contribution in [0.25, 0.3) is 0 Å². The average molecular weight is 340 g/mol. The lowest BCUT2D eigenvalue weighted by Crippen LogP contribution is -2.39. The first kappa shape index (κ1) is 15.5. The third-order valence-electron chi connectivity index (χ3n) is 4.22. The van der Waals surface area contributed by atoms with Crippen molar-refractivity contribution in [3.05, 3.63) is 35.9 Å². The first-order chi connectivity index (χ1) is 9.54. The second-order valence-corrected chi connectivity index (χ2v) is 6.20. The van der Waals surface area contributed by atoms with Crippen LogP contribution in [0.2, 0.25) is 0 Å². The van der Waals surface area contributed by atoms with Crippen molar-refractivity contribution < 1.29 is 9.53 Å². The molecule has 5 atom stereocenters. The molecule has 0 aromatic heterocycles. The van der Waals surface area contributed by atoms with Crippen molar-refractivity contribution in [2.24, 2.45) is 11.8 Å². The van der Waals surface area contributed by atoms with Crippen molar-refractivity contribution >= 4 is 21.8 Å². The number of alkyl halides is 1. The van der Waals surface area contributed by atoms with Gasteiger partial charge in [0.2, 0.25) is 5.91 Å². The summed E-state index contributed by atoms with van der Waals surface area (Å²) < 4.78 is 5.76. The minimum atomic E-state index is -0.0738. The molecule has 2 rings (SSSR count). The topological polar surface area (TPSA) is 38.3 Å². The zero-order chi connectivity index (χ0) is 14.7. The average Bonchev–Trinajstić information content (AvgIpc) is 2.70. The van der Waals surface area contributed by atoms with E-state index >= 15 is 0 Å². The highest BCUT2D eigenvalue weighted by atomic mass is 79.9. The zero-order valence-electron chi connectivity index (χ0n) is 12.2. The molecule has 1 amide bonds. The SMILES string of the molecule is CC1OC(C)C(C(=O)NC(CBr)c2ccccc2)C1C. The van der Waals surface area contributed by atoms with Gasteiger partial charge >= 0.3 is 0 Å². The van der Waals surface area contributed by atoms with Crippen molar-refractivity contribution in [2.75, 3.05) is 5.33 Å². The Kier molecular flexibility index (Phi) is 5.22.